The van der Waals surface area contributed by atoms with Gasteiger partial charge in [0, 0.05) is 4.47 Å². The number of rotatable bonds is 2. The summed E-state index contributed by atoms with van der Waals surface area (Å²) in [6.45, 7) is 0. The van der Waals surface area contributed by atoms with Crippen LogP contribution in [-0.2, 0) is 0 Å². The molecule has 0 aliphatic heterocycles. The van der Waals surface area contributed by atoms with E-state index in [0.717, 1.165) is 24.3 Å². The predicted octanol–water partition coefficient (Wildman–Crippen LogP) is 5.29. The molecule has 0 aliphatic carbocycles. The predicted molar refractivity (Wildman–Crippen MR) is 66.2 cm³/mol. The third-order valence-electron chi connectivity index (χ3n) is 2.41. The highest BCUT2D eigenvalue weighted by Gasteiger charge is 2.30. The highest BCUT2D eigenvalue weighted by molar-refractivity contribution is 9.10. The first kappa shape index (κ1) is 14.8. The minimum atomic E-state index is -4.77. The molecule has 106 valence electrons. The lowest BCUT2D eigenvalue weighted by atomic mass is 10.1. The molecular weight excluding hydrogens is 347 g/mol. The molecule has 0 saturated heterocycles. The maximum atomic E-state index is 13.2. The molecule has 0 amide bonds. The maximum Gasteiger partial charge on any atom is 0.573 e. The van der Waals surface area contributed by atoms with Gasteiger partial charge in [-0.15, -0.1) is 13.2 Å². The molecule has 0 heterocycles. The van der Waals surface area contributed by atoms with Gasteiger partial charge in [0.15, 0.2) is 11.6 Å². The quantitative estimate of drug-likeness (QED) is 0.526. The van der Waals surface area contributed by atoms with E-state index in [0.29, 0.717) is 15.6 Å². The molecule has 0 aromatic heterocycles. The molecule has 1 nitrogen and oxygen atoms in total. The van der Waals surface area contributed by atoms with Crippen LogP contribution in [0.2, 0.25) is 0 Å². The van der Waals surface area contributed by atoms with Crippen molar-refractivity contribution in [3.63, 3.8) is 0 Å². The summed E-state index contributed by atoms with van der Waals surface area (Å²) in [5, 5.41) is 0. The van der Waals surface area contributed by atoms with Crippen LogP contribution in [0.4, 0.5) is 22.0 Å². The van der Waals surface area contributed by atoms with Crippen LogP contribution in [0, 0.1) is 11.6 Å². The number of hydrogen-bond donors (Lipinski definition) is 0. The van der Waals surface area contributed by atoms with Crippen LogP contribution in [-0.4, -0.2) is 6.36 Å². The third-order valence-corrected chi connectivity index (χ3v) is 3.06. The van der Waals surface area contributed by atoms with Crippen LogP contribution >= 0.6 is 15.9 Å². The lowest BCUT2D eigenvalue weighted by Gasteiger charge is -2.10. The number of alkyl halides is 3. The Hall–Kier alpha value is -1.63. The van der Waals surface area contributed by atoms with E-state index >= 15 is 0 Å². The van der Waals surface area contributed by atoms with Crippen LogP contribution in [0.5, 0.6) is 5.75 Å². The highest BCUT2D eigenvalue weighted by Crippen LogP contribution is 2.32. The number of halogens is 6. The van der Waals surface area contributed by atoms with Crippen LogP contribution in [0.25, 0.3) is 11.1 Å². The van der Waals surface area contributed by atoms with Gasteiger partial charge in [-0.25, -0.2) is 8.78 Å². The Bertz CT molecular complexity index is 622. The van der Waals surface area contributed by atoms with Gasteiger partial charge in [0.1, 0.15) is 5.75 Å². The second kappa shape index (κ2) is 5.40. The summed E-state index contributed by atoms with van der Waals surface area (Å²) >= 11 is 3.07. The first-order chi connectivity index (χ1) is 9.26. The van der Waals surface area contributed by atoms with Crippen LogP contribution in [0.15, 0.2) is 40.9 Å². The average molecular weight is 353 g/mol. The van der Waals surface area contributed by atoms with Crippen molar-refractivity contribution in [2.75, 3.05) is 0 Å². The SMILES string of the molecule is Fc1cc(Br)c(-c2ccc(OC(F)(F)F)cc2)cc1F. The van der Waals surface area contributed by atoms with Gasteiger partial charge < -0.3 is 4.74 Å². The molecular formula is C13H6BrF5O. The van der Waals surface area contributed by atoms with Gasteiger partial charge in [0.05, 0.1) is 0 Å². The van der Waals surface area contributed by atoms with E-state index in [1.165, 1.54) is 12.1 Å². The largest absolute Gasteiger partial charge is 0.573 e. The molecule has 0 saturated carbocycles. The Labute approximate surface area is 119 Å². The van der Waals surface area contributed by atoms with Crippen molar-refractivity contribution in [3.05, 3.63) is 52.5 Å². The zero-order valence-electron chi connectivity index (χ0n) is 9.64. The molecule has 0 N–H and O–H groups in total. The maximum absolute atomic E-state index is 13.2. The van der Waals surface area contributed by atoms with E-state index in [9.17, 15) is 22.0 Å². The fourth-order valence-electron chi connectivity index (χ4n) is 1.58. The lowest BCUT2D eigenvalue weighted by molar-refractivity contribution is -0.274. The monoisotopic (exact) mass is 352 g/mol. The van der Waals surface area contributed by atoms with Crippen molar-refractivity contribution >= 4 is 15.9 Å². The van der Waals surface area contributed by atoms with Gasteiger partial charge >= 0.3 is 6.36 Å². The Kier molecular flexibility index (Phi) is 3.99. The van der Waals surface area contributed by atoms with Gasteiger partial charge in [-0.2, -0.15) is 0 Å². The smallest absolute Gasteiger partial charge is 0.406 e. The molecule has 0 fully saturated rings. The van der Waals surface area contributed by atoms with Gasteiger partial charge in [-0.1, -0.05) is 28.1 Å². The Morgan fingerprint density at radius 1 is 0.900 bits per heavy atom. The van der Waals surface area contributed by atoms with E-state index in [2.05, 4.69) is 20.7 Å². The average Bonchev–Trinajstić information content (AvgIpc) is 2.33. The number of benzene rings is 2. The molecule has 0 radical (unpaired) electrons. The zero-order valence-corrected chi connectivity index (χ0v) is 11.2. The van der Waals surface area contributed by atoms with Crippen LogP contribution in [0.1, 0.15) is 0 Å². The third kappa shape index (κ3) is 3.47. The Balaban J connectivity index is 2.33. The number of ether oxygens (including phenoxy) is 1. The van der Waals surface area contributed by atoms with E-state index < -0.39 is 18.0 Å². The Morgan fingerprint density at radius 2 is 1.45 bits per heavy atom. The summed E-state index contributed by atoms with van der Waals surface area (Å²) in [6, 6.07) is 6.73. The minimum Gasteiger partial charge on any atom is -0.406 e. The normalized spacial score (nSPS) is 11.5. The highest BCUT2D eigenvalue weighted by atomic mass is 79.9. The Morgan fingerprint density at radius 3 is 2.00 bits per heavy atom. The zero-order chi connectivity index (χ0) is 14.9. The molecule has 20 heavy (non-hydrogen) atoms. The van der Waals surface area contributed by atoms with Crippen molar-refractivity contribution in [2.24, 2.45) is 0 Å². The summed E-state index contributed by atoms with van der Waals surface area (Å²) < 4.78 is 66.2. The standard InChI is InChI=1S/C13H6BrF5O/c14-10-6-12(16)11(15)5-9(10)7-1-3-8(4-2-7)20-13(17,18)19/h1-6H. The molecule has 0 spiro atoms. The molecule has 2 aromatic carbocycles. The van der Waals surface area contributed by atoms with Gasteiger partial charge in [-0.3, -0.25) is 0 Å². The first-order valence-corrected chi connectivity index (χ1v) is 6.06. The molecule has 0 aliphatic rings. The van der Waals surface area contributed by atoms with Gasteiger partial charge in [0.2, 0.25) is 0 Å². The fraction of sp³-hybridized carbons (Fsp3) is 0.0769. The second-order valence-electron chi connectivity index (χ2n) is 3.82. The molecule has 2 aromatic rings. The summed E-state index contributed by atoms with van der Waals surface area (Å²) in [5.74, 6) is -2.45. The summed E-state index contributed by atoms with van der Waals surface area (Å²) in [5.41, 5.74) is 0.743. The van der Waals surface area contributed by atoms with Gasteiger partial charge in [-0.05, 0) is 35.4 Å². The number of hydrogen-bond acceptors (Lipinski definition) is 1. The minimum absolute atomic E-state index is 0.292. The molecule has 2 rings (SSSR count). The van der Waals surface area contributed by atoms with E-state index in [1.54, 1.807) is 0 Å². The van der Waals surface area contributed by atoms with E-state index in [4.69, 9.17) is 0 Å². The van der Waals surface area contributed by atoms with Crippen molar-refractivity contribution in [3.8, 4) is 16.9 Å². The fourth-order valence-corrected chi connectivity index (χ4v) is 2.12. The first-order valence-electron chi connectivity index (χ1n) is 5.27. The van der Waals surface area contributed by atoms with E-state index in [-0.39, 0.29) is 5.75 Å². The van der Waals surface area contributed by atoms with Crippen molar-refractivity contribution in [1.29, 1.82) is 0 Å². The van der Waals surface area contributed by atoms with E-state index in [1.807, 2.05) is 0 Å². The van der Waals surface area contributed by atoms with Crippen molar-refractivity contribution < 1.29 is 26.7 Å². The summed E-state index contributed by atoms with van der Waals surface area (Å²) in [7, 11) is 0. The van der Waals surface area contributed by atoms with Crippen molar-refractivity contribution in [2.45, 2.75) is 6.36 Å². The molecule has 0 bridgehead atoms. The molecule has 7 heteroatoms. The molecule has 0 atom stereocenters. The van der Waals surface area contributed by atoms with Crippen molar-refractivity contribution in [1.82, 2.24) is 0 Å². The summed E-state index contributed by atoms with van der Waals surface area (Å²) in [6.07, 6.45) is -4.77. The van der Waals surface area contributed by atoms with Crippen LogP contribution in [0.3, 0.4) is 0 Å². The lowest BCUT2D eigenvalue weighted by Crippen LogP contribution is -2.16. The topological polar surface area (TPSA) is 9.23 Å². The van der Waals surface area contributed by atoms with Gasteiger partial charge in [0.25, 0.3) is 0 Å². The summed E-state index contributed by atoms with van der Waals surface area (Å²) in [4.78, 5) is 0. The van der Waals surface area contributed by atoms with Crippen LogP contribution < -0.4 is 4.74 Å². The molecule has 0 unspecified atom stereocenters. The second-order valence-corrected chi connectivity index (χ2v) is 4.67.